The Morgan fingerprint density at radius 2 is 1.95 bits per heavy atom. The Morgan fingerprint density at radius 1 is 1.18 bits per heavy atom. The number of allylic oxidation sites excluding steroid dienone is 1. The van der Waals surface area contributed by atoms with Crippen LogP contribution in [0.15, 0.2) is 12.2 Å². The minimum atomic E-state index is -0.301. The number of carbonyl (C=O) groups is 1. The summed E-state index contributed by atoms with van der Waals surface area (Å²) < 4.78 is 5.84. The summed E-state index contributed by atoms with van der Waals surface area (Å²) in [6, 6.07) is 0. The Labute approximate surface area is 132 Å². The van der Waals surface area contributed by atoms with Crippen molar-refractivity contribution in [2.75, 3.05) is 6.61 Å². The lowest BCUT2D eigenvalue weighted by Gasteiger charge is -2.61. The number of hydrogen-bond donors (Lipinski definition) is 1. The summed E-state index contributed by atoms with van der Waals surface area (Å²) in [6.07, 6.45) is 6.95. The first-order valence-electron chi connectivity index (χ1n) is 9.00. The van der Waals surface area contributed by atoms with E-state index in [0.29, 0.717) is 23.5 Å². The zero-order valence-corrected chi connectivity index (χ0v) is 13.4. The minimum absolute atomic E-state index is 0.121. The second-order valence-electron chi connectivity index (χ2n) is 8.94. The summed E-state index contributed by atoms with van der Waals surface area (Å²) in [7, 11) is 0. The maximum atomic E-state index is 13.0. The number of aliphatic hydroxyl groups excluding tert-OH is 1. The molecular weight excluding hydrogens is 276 g/mol. The van der Waals surface area contributed by atoms with Crippen molar-refractivity contribution in [3.63, 3.8) is 0 Å². The minimum Gasteiger partial charge on any atom is -0.390 e. The molecule has 0 radical (unpaired) electrons. The predicted octanol–water partition coefficient (Wildman–Crippen LogP) is 2.87. The number of aliphatic hydroxyl groups is 1. The molecule has 1 heterocycles. The molecule has 1 aliphatic heterocycles. The van der Waals surface area contributed by atoms with Crippen molar-refractivity contribution in [1.82, 2.24) is 0 Å². The Hall–Kier alpha value is -0.670. The van der Waals surface area contributed by atoms with Crippen molar-refractivity contribution in [2.24, 2.45) is 28.6 Å². The van der Waals surface area contributed by atoms with Gasteiger partial charge in [0.2, 0.25) is 0 Å². The van der Waals surface area contributed by atoms with Crippen LogP contribution >= 0.6 is 0 Å². The smallest absolute Gasteiger partial charge is 0.165 e. The number of rotatable bonds is 0. The van der Waals surface area contributed by atoms with Gasteiger partial charge >= 0.3 is 0 Å². The van der Waals surface area contributed by atoms with Crippen molar-refractivity contribution < 1.29 is 14.6 Å². The van der Waals surface area contributed by atoms with Crippen LogP contribution in [0.5, 0.6) is 0 Å². The van der Waals surface area contributed by atoms with E-state index in [2.05, 4.69) is 13.5 Å². The molecule has 7 atom stereocenters. The molecule has 2 bridgehead atoms. The molecule has 0 aromatic carbocycles. The summed E-state index contributed by atoms with van der Waals surface area (Å²) in [5.41, 5.74) is 0.672. The molecule has 5 fully saturated rings. The summed E-state index contributed by atoms with van der Waals surface area (Å²) in [5, 5.41) is 10.5. The van der Waals surface area contributed by atoms with Crippen LogP contribution in [0.2, 0.25) is 0 Å². The molecule has 4 aliphatic carbocycles. The van der Waals surface area contributed by atoms with Crippen molar-refractivity contribution in [3.05, 3.63) is 12.2 Å². The van der Waals surface area contributed by atoms with Gasteiger partial charge in [0.1, 0.15) is 5.60 Å². The average Bonchev–Trinajstić information content (AvgIpc) is 3.28. The molecule has 0 unspecified atom stereocenters. The highest BCUT2D eigenvalue weighted by molar-refractivity contribution is 6.03. The Bertz CT molecular complexity index is 577. The van der Waals surface area contributed by atoms with Gasteiger partial charge in [-0.05, 0) is 73.7 Å². The molecule has 120 valence electrons. The van der Waals surface area contributed by atoms with E-state index in [4.69, 9.17) is 4.74 Å². The van der Waals surface area contributed by atoms with Gasteiger partial charge in [0.25, 0.3) is 0 Å². The van der Waals surface area contributed by atoms with Crippen LogP contribution in [0, 0.1) is 28.6 Å². The molecule has 5 rings (SSSR count). The first-order valence-corrected chi connectivity index (χ1v) is 9.00. The summed E-state index contributed by atoms with van der Waals surface area (Å²) in [5.74, 6) is 1.73. The van der Waals surface area contributed by atoms with Crippen LogP contribution in [-0.2, 0) is 9.53 Å². The van der Waals surface area contributed by atoms with Crippen molar-refractivity contribution in [1.29, 1.82) is 0 Å². The molecule has 1 N–H and O–H groups in total. The van der Waals surface area contributed by atoms with Crippen LogP contribution in [0.25, 0.3) is 0 Å². The predicted molar refractivity (Wildman–Crippen MR) is 82.2 cm³/mol. The third-order valence-corrected chi connectivity index (χ3v) is 8.38. The number of epoxide rings is 1. The maximum absolute atomic E-state index is 13.0. The van der Waals surface area contributed by atoms with Gasteiger partial charge in [0, 0.05) is 5.41 Å². The topological polar surface area (TPSA) is 49.8 Å². The molecule has 3 heteroatoms. The highest BCUT2D eigenvalue weighted by atomic mass is 16.6. The lowest BCUT2D eigenvalue weighted by molar-refractivity contribution is -0.167. The third-order valence-electron chi connectivity index (χ3n) is 8.38. The van der Waals surface area contributed by atoms with Gasteiger partial charge in [0.15, 0.2) is 5.78 Å². The van der Waals surface area contributed by atoms with Crippen molar-refractivity contribution in [2.45, 2.75) is 63.6 Å². The second kappa shape index (κ2) is 3.87. The number of hydrogen-bond acceptors (Lipinski definition) is 3. The Morgan fingerprint density at radius 3 is 2.68 bits per heavy atom. The fourth-order valence-electron chi connectivity index (χ4n) is 7.26. The first kappa shape index (κ1) is 13.7. The molecule has 22 heavy (non-hydrogen) atoms. The fraction of sp³-hybridized carbons (Fsp3) is 0.842. The Kier molecular flexibility index (Phi) is 2.41. The SMILES string of the molecule is C=C1C(=O)[C@]23CC[C@H]4[C@@](C)(CC[C@@H](O)[C@@]45CO5)[C@@H]2CC[C@H]1C3. The van der Waals surface area contributed by atoms with Crippen LogP contribution in [0.3, 0.4) is 0 Å². The third kappa shape index (κ3) is 1.31. The lowest BCUT2D eigenvalue weighted by atomic mass is 9.43. The molecule has 3 nitrogen and oxygen atoms in total. The van der Waals surface area contributed by atoms with Crippen LogP contribution in [-0.4, -0.2) is 29.2 Å². The van der Waals surface area contributed by atoms with Gasteiger partial charge in [-0.25, -0.2) is 0 Å². The number of ether oxygens (including phenoxy) is 1. The van der Waals surface area contributed by atoms with E-state index in [1.807, 2.05) is 0 Å². The molecule has 4 saturated carbocycles. The van der Waals surface area contributed by atoms with E-state index in [1.54, 1.807) is 0 Å². The van der Waals surface area contributed by atoms with Crippen LogP contribution < -0.4 is 0 Å². The van der Waals surface area contributed by atoms with E-state index in [0.717, 1.165) is 57.1 Å². The standard InChI is InChI=1S/C19H26O3/c1-11-12-3-4-13-17(2)7-6-15(20)19(10-22-19)14(17)5-8-18(13,9-12)16(11)21/h12-15,20H,1,3-10H2,2H3/t12-,13-,14-,15+,17-,18-,19+/m0/s1. The average molecular weight is 302 g/mol. The molecule has 1 saturated heterocycles. The molecule has 0 amide bonds. The zero-order chi connectivity index (χ0) is 15.3. The molecule has 0 aromatic rings. The lowest BCUT2D eigenvalue weighted by Crippen LogP contribution is -2.61. The molecule has 5 aliphatic rings. The van der Waals surface area contributed by atoms with E-state index in [1.165, 1.54) is 0 Å². The van der Waals surface area contributed by atoms with Gasteiger partial charge in [-0.3, -0.25) is 4.79 Å². The summed E-state index contributed by atoms with van der Waals surface area (Å²) in [6.45, 7) is 7.24. The van der Waals surface area contributed by atoms with Gasteiger partial charge in [-0.1, -0.05) is 13.5 Å². The summed E-state index contributed by atoms with van der Waals surface area (Å²) >= 11 is 0. The van der Waals surface area contributed by atoms with Gasteiger partial charge in [-0.15, -0.1) is 0 Å². The number of fused-ring (bicyclic) bond motifs is 4. The van der Waals surface area contributed by atoms with E-state index in [9.17, 15) is 9.90 Å². The highest BCUT2D eigenvalue weighted by Gasteiger charge is 2.72. The van der Waals surface area contributed by atoms with Crippen molar-refractivity contribution in [3.8, 4) is 0 Å². The van der Waals surface area contributed by atoms with Crippen LogP contribution in [0.4, 0.5) is 0 Å². The maximum Gasteiger partial charge on any atom is 0.165 e. The molecule has 2 spiro atoms. The first-order chi connectivity index (χ1) is 10.4. The van der Waals surface area contributed by atoms with Gasteiger partial charge < -0.3 is 9.84 Å². The highest BCUT2D eigenvalue weighted by Crippen LogP contribution is 2.71. The van der Waals surface area contributed by atoms with Crippen molar-refractivity contribution >= 4 is 5.78 Å². The Balaban J connectivity index is 1.59. The van der Waals surface area contributed by atoms with E-state index >= 15 is 0 Å². The van der Waals surface area contributed by atoms with Gasteiger partial charge in [-0.2, -0.15) is 0 Å². The van der Waals surface area contributed by atoms with Gasteiger partial charge in [0.05, 0.1) is 12.7 Å². The molecule has 0 aromatic heterocycles. The number of carbonyl (C=O) groups excluding carboxylic acids is 1. The normalized spacial score (nSPS) is 59.4. The number of Topliss-reactive ketones (excluding diaryl/α,β-unsaturated/α-hetero) is 1. The summed E-state index contributed by atoms with van der Waals surface area (Å²) in [4.78, 5) is 13.0. The fourth-order valence-corrected chi connectivity index (χ4v) is 7.26. The zero-order valence-electron chi connectivity index (χ0n) is 13.4. The van der Waals surface area contributed by atoms with Crippen LogP contribution in [0.1, 0.15) is 51.9 Å². The second-order valence-corrected chi connectivity index (χ2v) is 8.94. The van der Waals surface area contributed by atoms with E-state index < -0.39 is 0 Å². The monoisotopic (exact) mass is 302 g/mol. The van der Waals surface area contributed by atoms with E-state index in [-0.39, 0.29) is 22.5 Å². The largest absolute Gasteiger partial charge is 0.390 e. The quantitative estimate of drug-likeness (QED) is 0.553. The molecular formula is C19H26O3. The number of ketones is 1.